The monoisotopic (exact) mass is 355 g/mol. The van der Waals surface area contributed by atoms with E-state index < -0.39 is 0 Å². The van der Waals surface area contributed by atoms with Gasteiger partial charge in [-0.2, -0.15) is 0 Å². The Morgan fingerprint density at radius 2 is 2.04 bits per heavy atom. The molecule has 2 fully saturated rings. The zero-order chi connectivity index (χ0) is 17.9. The molecule has 2 aromatic heterocycles. The molecule has 2 heterocycles. The number of pyridine rings is 1. The highest BCUT2D eigenvalue weighted by Crippen LogP contribution is 2.36. The van der Waals surface area contributed by atoms with Gasteiger partial charge >= 0.3 is 5.69 Å². The van der Waals surface area contributed by atoms with Gasteiger partial charge in [-0.3, -0.25) is 14.3 Å². The average Bonchev–Trinajstić information content (AvgIpc) is 3.26. The van der Waals surface area contributed by atoms with Crippen LogP contribution in [-0.2, 0) is 11.3 Å². The first-order chi connectivity index (χ1) is 12.7. The average molecular weight is 355 g/mol. The van der Waals surface area contributed by atoms with Gasteiger partial charge in [-0.15, -0.1) is 5.10 Å². The van der Waals surface area contributed by atoms with Gasteiger partial charge in [0.05, 0.1) is 6.54 Å². The number of rotatable bonds is 7. The van der Waals surface area contributed by atoms with Crippen molar-refractivity contribution in [2.75, 3.05) is 6.54 Å². The largest absolute Gasteiger partial charge is 0.354 e. The molecule has 0 bridgehead atoms. The SMILES string of the molecule is O=C(CC1CCCC1)NCCn1nc(-c2cccnc2)n(C2CC2)c1=O. The van der Waals surface area contributed by atoms with Crippen molar-refractivity contribution in [3.05, 3.63) is 35.0 Å². The number of hydrogen-bond donors (Lipinski definition) is 1. The van der Waals surface area contributed by atoms with Gasteiger partial charge in [0.2, 0.25) is 5.91 Å². The fraction of sp³-hybridized carbons (Fsp3) is 0.579. The molecule has 1 amide bonds. The Hall–Kier alpha value is -2.44. The first-order valence-electron chi connectivity index (χ1n) is 9.59. The van der Waals surface area contributed by atoms with E-state index in [1.54, 1.807) is 17.0 Å². The van der Waals surface area contributed by atoms with Gasteiger partial charge in [0.1, 0.15) is 0 Å². The van der Waals surface area contributed by atoms with E-state index in [4.69, 9.17) is 0 Å². The van der Waals surface area contributed by atoms with Crippen LogP contribution in [0, 0.1) is 5.92 Å². The van der Waals surface area contributed by atoms with Crippen LogP contribution in [-0.4, -0.2) is 31.8 Å². The van der Waals surface area contributed by atoms with Crippen LogP contribution in [0.2, 0.25) is 0 Å². The summed E-state index contributed by atoms with van der Waals surface area (Å²) < 4.78 is 3.24. The Balaban J connectivity index is 1.42. The normalized spacial score (nSPS) is 17.5. The van der Waals surface area contributed by atoms with Crippen molar-refractivity contribution in [1.82, 2.24) is 24.6 Å². The number of amides is 1. The van der Waals surface area contributed by atoms with Crippen molar-refractivity contribution >= 4 is 5.91 Å². The van der Waals surface area contributed by atoms with Gasteiger partial charge in [-0.1, -0.05) is 12.8 Å². The van der Waals surface area contributed by atoms with Crippen molar-refractivity contribution in [3.63, 3.8) is 0 Å². The van der Waals surface area contributed by atoms with Crippen molar-refractivity contribution in [1.29, 1.82) is 0 Å². The summed E-state index contributed by atoms with van der Waals surface area (Å²) in [6.07, 6.45) is 10.9. The minimum absolute atomic E-state index is 0.0825. The number of carbonyl (C=O) groups is 1. The van der Waals surface area contributed by atoms with Crippen LogP contribution in [0.3, 0.4) is 0 Å². The van der Waals surface area contributed by atoms with Gasteiger partial charge in [0, 0.05) is 37.0 Å². The molecule has 0 saturated heterocycles. The lowest BCUT2D eigenvalue weighted by atomic mass is 10.0. The zero-order valence-electron chi connectivity index (χ0n) is 14.9. The molecular formula is C19H25N5O2. The minimum atomic E-state index is -0.101. The molecule has 2 aliphatic rings. The molecule has 138 valence electrons. The Kier molecular flexibility index (Phi) is 4.86. The Morgan fingerprint density at radius 3 is 2.73 bits per heavy atom. The minimum Gasteiger partial charge on any atom is -0.354 e. The lowest BCUT2D eigenvalue weighted by molar-refractivity contribution is -0.122. The summed E-state index contributed by atoms with van der Waals surface area (Å²) in [5.74, 6) is 1.28. The summed E-state index contributed by atoms with van der Waals surface area (Å²) in [7, 11) is 0. The molecule has 7 nitrogen and oxygen atoms in total. The van der Waals surface area contributed by atoms with Crippen LogP contribution in [0.1, 0.15) is 51.0 Å². The van der Waals surface area contributed by atoms with E-state index in [1.807, 2.05) is 12.1 Å². The van der Waals surface area contributed by atoms with E-state index in [0.717, 1.165) is 31.2 Å². The molecule has 0 unspecified atom stereocenters. The molecule has 0 atom stereocenters. The van der Waals surface area contributed by atoms with E-state index in [1.165, 1.54) is 17.5 Å². The number of nitrogens with zero attached hydrogens (tertiary/aromatic N) is 4. The predicted octanol–water partition coefficient (Wildman–Crippen LogP) is 2.14. The quantitative estimate of drug-likeness (QED) is 0.825. The lowest BCUT2D eigenvalue weighted by Crippen LogP contribution is -2.32. The van der Waals surface area contributed by atoms with Crippen molar-refractivity contribution in [2.45, 2.75) is 57.5 Å². The summed E-state index contributed by atoms with van der Waals surface area (Å²) in [5.41, 5.74) is 0.747. The topological polar surface area (TPSA) is 81.8 Å². The summed E-state index contributed by atoms with van der Waals surface area (Å²) in [6.45, 7) is 0.821. The van der Waals surface area contributed by atoms with Gasteiger partial charge in [-0.25, -0.2) is 9.48 Å². The molecule has 0 aliphatic heterocycles. The maximum absolute atomic E-state index is 12.7. The van der Waals surface area contributed by atoms with E-state index >= 15 is 0 Å². The Morgan fingerprint density at radius 1 is 1.23 bits per heavy atom. The maximum atomic E-state index is 12.7. The number of carbonyl (C=O) groups excluding carboxylic acids is 1. The van der Waals surface area contributed by atoms with Crippen LogP contribution in [0.5, 0.6) is 0 Å². The molecule has 7 heteroatoms. The molecule has 4 rings (SSSR count). The van der Waals surface area contributed by atoms with Crippen LogP contribution >= 0.6 is 0 Å². The fourth-order valence-electron chi connectivity index (χ4n) is 3.77. The summed E-state index contributed by atoms with van der Waals surface area (Å²) in [6, 6.07) is 4.00. The molecule has 0 aromatic carbocycles. The molecular weight excluding hydrogens is 330 g/mol. The third-order valence-electron chi connectivity index (χ3n) is 5.30. The number of nitrogens with one attached hydrogen (secondary N) is 1. The van der Waals surface area contributed by atoms with Gasteiger partial charge in [0.15, 0.2) is 5.82 Å². The number of aromatic nitrogens is 4. The first kappa shape index (κ1) is 17.0. The zero-order valence-corrected chi connectivity index (χ0v) is 14.9. The number of hydrogen-bond acceptors (Lipinski definition) is 4. The van der Waals surface area contributed by atoms with Crippen molar-refractivity contribution in [3.8, 4) is 11.4 Å². The van der Waals surface area contributed by atoms with Crippen molar-refractivity contribution < 1.29 is 4.79 Å². The Labute approximate surface area is 152 Å². The third-order valence-corrected chi connectivity index (χ3v) is 5.30. The maximum Gasteiger partial charge on any atom is 0.346 e. The molecule has 0 spiro atoms. The highest BCUT2D eigenvalue weighted by molar-refractivity contribution is 5.76. The Bertz CT molecular complexity index is 816. The molecule has 2 aromatic rings. The smallest absolute Gasteiger partial charge is 0.346 e. The summed E-state index contributed by atoms with van der Waals surface area (Å²) >= 11 is 0. The second-order valence-corrected chi connectivity index (χ2v) is 7.38. The summed E-state index contributed by atoms with van der Waals surface area (Å²) in [4.78, 5) is 28.9. The van der Waals surface area contributed by atoms with Gasteiger partial charge in [-0.05, 0) is 43.7 Å². The second kappa shape index (κ2) is 7.43. The van der Waals surface area contributed by atoms with Crippen molar-refractivity contribution in [2.24, 2.45) is 5.92 Å². The first-order valence-corrected chi connectivity index (χ1v) is 9.59. The lowest BCUT2D eigenvalue weighted by Gasteiger charge is -2.09. The standard InChI is InChI=1S/C19H25N5O2/c25-17(12-14-4-1-2-5-14)21-10-11-23-19(26)24(16-7-8-16)18(22-23)15-6-3-9-20-13-15/h3,6,9,13-14,16H,1-2,4-5,7-8,10-12H2,(H,21,25). The van der Waals surface area contributed by atoms with E-state index in [-0.39, 0.29) is 17.6 Å². The molecule has 1 N–H and O–H groups in total. The molecule has 2 saturated carbocycles. The fourth-order valence-corrected chi connectivity index (χ4v) is 3.77. The highest BCUT2D eigenvalue weighted by Gasteiger charge is 2.30. The van der Waals surface area contributed by atoms with E-state index in [2.05, 4.69) is 15.4 Å². The second-order valence-electron chi connectivity index (χ2n) is 7.38. The van der Waals surface area contributed by atoms with Crippen LogP contribution in [0.15, 0.2) is 29.3 Å². The molecule has 0 radical (unpaired) electrons. The summed E-state index contributed by atoms with van der Waals surface area (Å²) in [5, 5.41) is 7.46. The predicted molar refractivity (Wildman–Crippen MR) is 97.6 cm³/mol. The molecule has 26 heavy (non-hydrogen) atoms. The van der Waals surface area contributed by atoms with Crippen LogP contribution in [0.4, 0.5) is 0 Å². The highest BCUT2D eigenvalue weighted by atomic mass is 16.2. The van der Waals surface area contributed by atoms with Crippen LogP contribution in [0.25, 0.3) is 11.4 Å². The van der Waals surface area contributed by atoms with E-state index in [9.17, 15) is 9.59 Å². The molecule has 2 aliphatic carbocycles. The van der Waals surface area contributed by atoms with E-state index in [0.29, 0.717) is 31.3 Å². The van der Waals surface area contributed by atoms with Gasteiger partial charge < -0.3 is 5.32 Å². The van der Waals surface area contributed by atoms with Crippen LogP contribution < -0.4 is 11.0 Å². The van der Waals surface area contributed by atoms with Gasteiger partial charge in [0.25, 0.3) is 0 Å². The third kappa shape index (κ3) is 3.71.